The van der Waals surface area contributed by atoms with Crippen LogP contribution in [0.25, 0.3) is 0 Å². The molecular formula is C12H17NO3S. The molecule has 1 aliphatic rings. The average molecular weight is 255 g/mol. The lowest BCUT2D eigenvalue weighted by Gasteiger charge is -2.12. The molecule has 1 fully saturated rings. The Balaban J connectivity index is 2.16. The van der Waals surface area contributed by atoms with Gasteiger partial charge in [0.25, 0.3) is 0 Å². The Bertz CT molecular complexity index is 506. The third-order valence-corrected chi connectivity index (χ3v) is 3.19. The van der Waals surface area contributed by atoms with Gasteiger partial charge in [0.1, 0.15) is 5.75 Å². The first-order valence-corrected chi connectivity index (χ1v) is 7.54. The number of aryl methyl sites for hydroxylation is 1. The van der Waals surface area contributed by atoms with Crippen LogP contribution in [-0.4, -0.2) is 21.3 Å². The van der Waals surface area contributed by atoms with Gasteiger partial charge in [-0.15, -0.1) is 0 Å². The fourth-order valence-corrected chi connectivity index (χ4v) is 2.10. The van der Waals surface area contributed by atoms with E-state index in [-0.39, 0.29) is 0 Å². The molecule has 0 amide bonds. The second-order valence-electron chi connectivity index (χ2n) is 4.63. The number of rotatable bonds is 5. The van der Waals surface area contributed by atoms with Crippen LogP contribution in [0.3, 0.4) is 0 Å². The SMILES string of the molecule is Cc1ccc(OCC2CC2)c(NS(C)(=O)=O)c1. The molecule has 0 unspecified atom stereocenters. The predicted molar refractivity (Wildman–Crippen MR) is 67.9 cm³/mol. The first-order valence-electron chi connectivity index (χ1n) is 5.65. The molecule has 0 aromatic heterocycles. The summed E-state index contributed by atoms with van der Waals surface area (Å²) in [6, 6.07) is 5.50. The molecule has 0 spiro atoms. The zero-order valence-electron chi connectivity index (χ0n) is 10.1. The molecule has 4 nitrogen and oxygen atoms in total. The van der Waals surface area contributed by atoms with Gasteiger partial charge < -0.3 is 4.74 Å². The minimum Gasteiger partial charge on any atom is -0.491 e. The lowest BCUT2D eigenvalue weighted by atomic mass is 10.2. The maximum atomic E-state index is 11.2. The molecular weight excluding hydrogens is 238 g/mol. The van der Waals surface area contributed by atoms with E-state index in [4.69, 9.17) is 4.74 Å². The first kappa shape index (κ1) is 12.2. The van der Waals surface area contributed by atoms with Crippen molar-refractivity contribution in [2.24, 2.45) is 5.92 Å². The molecule has 1 saturated carbocycles. The highest BCUT2D eigenvalue weighted by Gasteiger charge is 2.22. The summed E-state index contributed by atoms with van der Waals surface area (Å²) in [5.41, 5.74) is 1.52. The maximum absolute atomic E-state index is 11.2. The van der Waals surface area contributed by atoms with Gasteiger partial charge >= 0.3 is 0 Å². The van der Waals surface area contributed by atoms with E-state index in [0.717, 1.165) is 11.8 Å². The third-order valence-electron chi connectivity index (χ3n) is 2.60. The van der Waals surface area contributed by atoms with Gasteiger partial charge in [0, 0.05) is 0 Å². The van der Waals surface area contributed by atoms with Crippen molar-refractivity contribution < 1.29 is 13.2 Å². The van der Waals surface area contributed by atoms with Crippen LogP contribution in [0.2, 0.25) is 0 Å². The van der Waals surface area contributed by atoms with Crippen LogP contribution in [0.15, 0.2) is 18.2 Å². The van der Waals surface area contributed by atoms with E-state index >= 15 is 0 Å². The van der Waals surface area contributed by atoms with Crippen LogP contribution < -0.4 is 9.46 Å². The molecule has 1 aliphatic carbocycles. The molecule has 0 heterocycles. The van der Waals surface area contributed by atoms with Gasteiger partial charge in [0.15, 0.2) is 0 Å². The van der Waals surface area contributed by atoms with Gasteiger partial charge in [-0.05, 0) is 43.4 Å². The summed E-state index contributed by atoms with van der Waals surface area (Å²) >= 11 is 0. The van der Waals surface area contributed by atoms with Crippen molar-refractivity contribution in [3.63, 3.8) is 0 Å². The van der Waals surface area contributed by atoms with Crippen LogP contribution in [0.1, 0.15) is 18.4 Å². The monoisotopic (exact) mass is 255 g/mol. The van der Waals surface area contributed by atoms with Gasteiger partial charge in [-0.3, -0.25) is 4.72 Å². The van der Waals surface area contributed by atoms with Crippen LogP contribution in [-0.2, 0) is 10.0 Å². The first-order chi connectivity index (χ1) is 7.94. The van der Waals surface area contributed by atoms with Crippen molar-refractivity contribution in [3.05, 3.63) is 23.8 Å². The molecule has 0 radical (unpaired) electrons. The summed E-state index contributed by atoms with van der Waals surface area (Å²) < 4.78 is 30.6. The lowest BCUT2D eigenvalue weighted by Crippen LogP contribution is -2.11. The molecule has 0 atom stereocenters. The Kier molecular flexibility index (Phi) is 3.28. The van der Waals surface area contributed by atoms with E-state index in [2.05, 4.69) is 4.72 Å². The van der Waals surface area contributed by atoms with Crippen LogP contribution in [0, 0.1) is 12.8 Å². The van der Waals surface area contributed by atoms with Gasteiger partial charge in [0.2, 0.25) is 10.0 Å². The maximum Gasteiger partial charge on any atom is 0.229 e. The molecule has 1 N–H and O–H groups in total. The largest absolute Gasteiger partial charge is 0.491 e. The molecule has 17 heavy (non-hydrogen) atoms. The average Bonchev–Trinajstić information content (AvgIpc) is 2.97. The van der Waals surface area contributed by atoms with E-state index in [1.165, 1.54) is 12.8 Å². The number of hydrogen-bond donors (Lipinski definition) is 1. The minimum absolute atomic E-state index is 0.521. The number of hydrogen-bond acceptors (Lipinski definition) is 3. The highest BCUT2D eigenvalue weighted by molar-refractivity contribution is 7.92. The molecule has 0 bridgehead atoms. The Hall–Kier alpha value is -1.23. The van der Waals surface area contributed by atoms with Crippen LogP contribution in [0.5, 0.6) is 5.75 Å². The summed E-state index contributed by atoms with van der Waals surface area (Å²) in [6.07, 6.45) is 3.56. The predicted octanol–water partition coefficient (Wildman–Crippen LogP) is 2.16. The van der Waals surface area contributed by atoms with Crippen molar-refractivity contribution in [3.8, 4) is 5.75 Å². The Morgan fingerprint density at radius 1 is 1.41 bits per heavy atom. The third kappa shape index (κ3) is 3.93. The van der Waals surface area contributed by atoms with E-state index < -0.39 is 10.0 Å². The molecule has 2 rings (SSSR count). The fraction of sp³-hybridized carbons (Fsp3) is 0.500. The Morgan fingerprint density at radius 3 is 2.71 bits per heavy atom. The van der Waals surface area contributed by atoms with Crippen molar-refractivity contribution in [1.29, 1.82) is 0 Å². The van der Waals surface area contributed by atoms with E-state index in [0.29, 0.717) is 24.0 Å². The van der Waals surface area contributed by atoms with E-state index in [1.54, 1.807) is 6.07 Å². The van der Waals surface area contributed by atoms with Crippen LogP contribution in [0.4, 0.5) is 5.69 Å². The zero-order chi connectivity index (χ0) is 12.5. The molecule has 1 aromatic carbocycles. The molecule has 1 aromatic rings. The minimum atomic E-state index is -3.27. The Labute approximate surface area is 102 Å². The van der Waals surface area contributed by atoms with Gasteiger partial charge in [0.05, 0.1) is 18.6 Å². The van der Waals surface area contributed by atoms with Crippen molar-refractivity contribution in [1.82, 2.24) is 0 Å². The number of nitrogens with one attached hydrogen (secondary N) is 1. The normalized spacial score (nSPS) is 15.6. The standard InChI is InChI=1S/C12H17NO3S/c1-9-3-6-12(16-8-10-4-5-10)11(7-9)13-17(2,14)15/h3,6-7,10,13H,4-5,8H2,1-2H3. The number of benzene rings is 1. The highest BCUT2D eigenvalue weighted by atomic mass is 32.2. The number of sulfonamides is 1. The topological polar surface area (TPSA) is 55.4 Å². The summed E-state index contributed by atoms with van der Waals surface area (Å²) in [6.45, 7) is 2.58. The summed E-state index contributed by atoms with van der Waals surface area (Å²) in [4.78, 5) is 0. The van der Waals surface area contributed by atoms with Gasteiger partial charge in [-0.25, -0.2) is 8.42 Å². The number of anilines is 1. The zero-order valence-corrected chi connectivity index (χ0v) is 10.9. The van der Waals surface area contributed by atoms with E-state index in [9.17, 15) is 8.42 Å². The molecule has 0 aliphatic heterocycles. The number of ether oxygens (including phenoxy) is 1. The fourth-order valence-electron chi connectivity index (χ4n) is 1.54. The summed E-state index contributed by atoms with van der Waals surface area (Å²) in [7, 11) is -3.27. The highest BCUT2D eigenvalue weighted by Crippen LogP contribution is 2.32. The second kappa shape index (κ2) is 4.56. The molecule has 94 valence electrons. The van der Waals surface area contributed by atoms with Gasteiger partial charge in [-0.2, -0.15) is 0 Å². The van der Waals surface area contributed by atoms with Crippen molar-refractivity contribution in [2.45, 2.75) is 19.8 Å². The molecule has 5 heteroatoms. The van der Waals surface area contributed by atoms with Crippen LogP contribution >= 0.6 is 0 Å². The Morgan fingerprint density at radius 2 is 2.12 bits per heavy atom. The van der Waals surface area contributed by atoms with Crippen molar-refractivity contribution in [2.75, 3.05) is 17.6 Å². The van der Waals surface area contributed by atoms with Crippen molar-refractivity contribution >= 4 is 15.7 Å². The quantitative estimate of drug-likeness (QED) is 0.877. The molecule has 0 saturated heterocycles. The van der Waals surface area contributed by atoms with E-state index in [1.807, 2.05) is 19.1 Å². The smallest absolute Gasteiger partial charge is 0.229 e. The summed E-state index contributed by atoms with van der Waals surface area (Å²) in [5, 5.41) is 0. The van der Waals surface area contributed by atoms with Gasteiger partial charge in [-0.1, -0.05) is 6.07 Å². The lowest BCUT2D eigenvalue weighted by molar-refractivity contribution is 0.301. The summed E-state index contributed by atoms with van der Waals surface area (Å²) in [5.74, 6) is 1.25. The second-order valence-corrected chi connectivity index (χ2v) is 6.38.